The standard InChI is InChI=1S/C12H16N6S/c13-12-14-6-10(15-12)5-11-7-18(17-16-11)3-1-9-2-4-19-8-9/h2,4,7-8,10H,1,3,5-6H2,(H3,13,14,15). The first-order valence-electron chi connectivity index (χ1n) is 6.26. The van der Waals surface area contributed by atoms with Crippen LogP contribution in [0.15, 0.2) is 28.0 Å². The monoisotopic (exact) mass is 276 g/mol. The third kappa shape index (κ3) is 3.11. The number of nitrogens with two attached hydrogens (primary N) is 1. The molecule has 0 amide bonds. The largest absolute Gasteiger partial charge is 0.370 e. The molecule has 1 unspecified atom stereocenters. The summed E-state index contributed by atoms with van der Waals surface area (Å²) < 4.78 is 1.90. The first-order valence-corrected chi connectivity index (χ1v) is 7.20. The molecule has 2 aromatic rings. The molecule has 0 bridgehead atoms. The fourth-order valence-electron chi connectivity index (χ4n) is 2.10. The molecule has 3 rings (SSSR count). The van der Waals surface area contributed by atoms with Crippen molar-refractivity contribution in [2.45, 2.75) is 25.4 Å². The summed E-state index contributed by atoms with van der Waals surface area (Å²) >= 11 is 1.72. The van der Waals surface area contributed by atoms with E-state index >= 15 is 0 Å². The van der Waals surface area contributed by atoms with Crippen LogP contribution in [-0.4, -0.2) is 33.5 Å². The van der Waals surface area contributed by atoms with Gasteiger partial charge >= 0.3 is 0 Å². The number of aromatic nitrogens is 3. The van der Waals surface area contributed by atoms with E-state index in [1.54, 1.807) is 11.3 Å². The van der Waals surface area contributed by atoms with E-state index in [4.69, 9.17) is 5.73 Å². The number of thiophene rings is 1. The molecule has 6 nitrogen and oxygen atoms in total. The summed E-state index contributed by atoms with van der Waals surface area (Å²) in [5.74, 6) is 0.523. The normalized spacial score (nSPS) is 18.3. The predicted octanol–water partition coefficient (Wildman–Crippen LogP) is 0.411. The van der Waals surface area contributed by atoms with Crippen molar-refractivity contribution in [2.24, 2.45) is 10.7 Å². The summed E-state index contributed by atoms with van der Waals surface area (Å²) in [5.41, 5.74) is 7.91. The zero-order valence-corrected chi connectivity index (χ0v) is 11.3. The van der Waals surface area contributed by atoms with Crippen molar-refractivity contribution in [3.8, 4) is 0 Å². The molecule has 1 aliphatic rings. The maximum absolute atomic E-state index is 5.58. The maximum Gasteiger partial charge on any atom is 0.188 e. The summed E-state index contributed by atoms with van der Waals surface area (Å²) in [6.07, 6.45) is 3.80. The molecule has 1 atom stereocenters. The van der Waals surface area contributed by atoms with Gasteiger partial charge in [-0.2, -0.15) is 11.3 Å². The zero-order chi connectivity index (χ0) is 13.1. The van der Waals surface area contributed by atoms with Gasteiger partial charge in [-0.25, -0.2) is 0 Å². The lowest BCUT2D eigenvalue weighted by Gasteiger charge is -2.06. The summed E-state index contributed by atoms with van der Waals surface area (Å²) in [6, 6.07) is 2.40. The summed E-state index contributed by atoms with van der Waals surface area (Å²) in [5, 5.41) is 15.7. The van der Waals surface area contributed by atoms with Crippen molar-refractivity contribution < 1.29 is 0 Å². The number of nitrogens with one attached hydrogen (secondary N) is 1. The van der Waals surface area contributed by atoms with E-state index in [0.717, 1.165) is 25.1 Å². The van der Waals surface area contributed by atoms with Crippen LogP contribution in [-0.2, 0) is 19.4 Å². The number of nitrogens with zero attached hydrogens (tertiary/aromatic N) is 4. The van der Waals surface area contributed by atoms with Crippen molar-refractivity contribution in [3.05, 3.63) is 34.3 Å². The second-order valence-corrected chi connectivity index (χ2v) is 5.41. The van der Waals surface area contributed by atoms with E-state index in [2.05, 4.69) is 37.4 Å². The molecule has 19 heavy (non-hydrogen) atoms. The minimum atomic E-state index is 0.252. The van der Waals surface area contributed by atoms with Crippen molar-refractivity contribution in [1.82, 2.24) is 20.3 Å². The quantitative estimate of drug-likeness (QED) is 0.829. The molecule has 0 saturated carbocycles. The molecule has 0 spiro atoms. The van der Waals surface area contributed by atoms with E-state index in [-0.39, 0.29) is 6.04 Å². The van der Waals surface area contributed by atoms with Crippen LogP contribution in [0.2, 0.25) is 0 Å². The molecular weight excluding hydrogens is 260 g/mol. The number of aryl methyl sites for hydroxylation is 2. The third-order valence-electron chi connectivity index (χ3n) is 3.09. The first-order chi connectivity index (χ1) is 9.29. The highest BCUT2D eigenvalue weighted by Crippen LogP contribution is 2.08. The van der Waals surface area contributed by atoms with Crippen LogP contribution in [0.25, 0.3) is 0 Å². The number of hydrogen-bond acceptors (Lipinski definition) is 6. The van der Waals surface area contributed by atoms with Crippen LogP contribution in [0, 0.1) is 0 Å². The van der Waals surface area contributed by atoms with Crippen molar-refractivity contribution in [3.63, 3.8) is 0 Å². The van der Waals surface area contributed by atoms with Crippen molar-refractivity contribution >= 4 is 17.3 Å². The van der Waals surface area contributed by atoms with Gasteiger partial charge in [0, 0.05) is 19.2 Å². The highest BCUT2D eigenvalue weighted by Gasteiger charge is 2.17. The van der Waals surface area contributed by atoms with Crippen LogP contribution < -0.4 is 11.1 Å². The SMILES string of the molecule is NC1=NCC(Cc2cn(CCc3ccsc3)nn2)N1. The molecule has 100 valence electrons. The zero-order valence-electron chi connectivity index (χ0n) is 10.5. The topological polar surface area (TPSA) is 81.1 Å². The highest BCUT2D eigenvalue weighted by molar-refractivity contribution is 7.07. The number of guanidine groups is 1. The molecule has 1 aliphatic heterocycles. The number of rotatable bonds is 5. The van der Waals surface area contributed by atoms with Gasteiger partial charge in [-0.05, 0) is 28.8 Å². The Hall–Kier alpha value is -1.89. The second kappa shape index (κ2) is 5.40. The predicted molar refractivity (Wildman–Crippen MR) is 75.2 cm³/mol. The molecule has 0 saturated heterocycles. The van der Waals surface area contributed by atoms with Crippen LogP contribution in [0.4, 0.5) is 0 Å². The summed E-state index contributed by atoms with van der Waals surface area (Å²) in [6.45, 7) is 1.58. The number of aliphatic imine (C=N–C) groups is 1. The fourth-order valence-corrected chi connectivity index (χ4v) is 2.80. The lowest BCUT2D eigenvalue weighted by molar-refractivity contribution is 0.589. The molecule has 0 aromatic carbocycles. The molecular formula is C12H16N6S. The van der Waals surface area contributed by atoms with Gasteiger partial charge in [0.25, 0.3) is 0 Å². The molecule has 3 heterocycles. The molecule has 3 N–H and O–H groups in total. The van der Waals surface area contributed by atoms with E-state index < -0.39 is 0 Å². The van der Waals surface area contributed by atoms with Gasteiger partial charge in [0.1, 0.15) is 0 Å². The van der Waals surface area contributed by atoms with Gasteiger partial charge in [-0.15, -0.1) is 5.10 Å². The van der Waals surface area contributed by atoms with Gasteiger partial charge in [-0.1, -0.05) is 5.21 Å². The third-order valence-corrected chi connectivity index (χ3v) is 3.82. The van der Waals surface area contributed by atoms with Gasteiger partial charge in [-0.3, -0.25) is 9.67 Å². The molecule has 0 radical (unpaired) electrons. The van der Waals surface area contributed by atoms with E-state index in [0.29, 0.717) is 12.5 Å². The molecule has 0 fully saturated rings. The summed E-state index contributed by atoms with van der Waals surface area (Å²) in [4.78, 5) is 4.12. The van der Waals surface area contributed by atoms with Gasteiger partial charge < -0.3 is 11.1 Å². The minimum absolute atomic E-state index is 0.252. The Morgan fingerprint density at radius 2 is 2.47 bits per heavy atom. The van der Waals surface area contributed by atoms with E-state index in [9.17, 15) is 0 Å². The lowest BCUT2D eigenvalue weighted by atomic mass is 10.2. The van der Waals surface area contributed by atoms with E-state index in [1.165, 1.54) is 5.56 Å². The van der Waals surface area contributed by atoms with Gasteiger partial charge in [0.15, 0.2) is 5.96 Å². The molecule has 7 heteroatoms. The van der Waals surface area contributed by atoms with Crippen LogP contribution >= 0.6 is 11.3 Å². The Balaban J connectivity index is 1.52. The average Bonchev–Trinajstić information content (AvgIpc) is 3.10. The van der Waals surface area contributed by atoms with Crippen molar-refractivity contribution in [2.75, 3.05) is 6.54 Å². The second-order valence-electron chi connectivity index (χ2n) is 4.63. The Labute approximate surface area is 115 Å². The van der Waals surface area contributed by atoms with Gasteiger partial charge in [0.05, 0.1) is 18.3 Å². The average molecular weight is 276 g/mol. The van der Waals surface area contributed by atoms with Crippen LogP contribution in [0.1, 0.15) is 11.3 Å². The maximum atomic E-state index is 5.58. The molecule has 2 aromatic heterocycles. The lowest BCUT2D eigenvalue weighted by Crippen LogP contribution is -2.36. The minimum Gasteiger partial charge on any atom is -0.370 e. The summed E-state index contributed by atoms with van der Waals surface area (Å²) in [7, 11) is 0. The van der Waals surface area contributed by atoms with Crippen molar-refractivity contribution in [1.29, 1.82) is 0 Å². The Kier molecular flexibility index (Phi) is 3.45. The highest BCUT2D eigenvalue weighted by atomic mass is 32.1. The first kappa shape index (κ1) is 12.2. The fraction of sp³-hybridized carbons (Fsp3) is 0.417. The van der Waals surface area contributed by atoms with E-state index in [1.807, 2.05) is 10.9 Å². The Morgan fingerprint density at radius 3 is 3.21 bits per heavy atom. The van der Waals surface area contributed by atoms with Gasteiger partial charge in [0.2, 0.25) is 0 Å². The molecule has 0 aliphatic carbocycles. The van der Waals surface area contributed by atoms with Crippen LogP contribution in [0.5, 0.6) is 0 Å². The van der Waals surface area contributed by atoms with Crippen LogP contribution in [0.3, 0.4) is 0 Å². The Bertz CT molecular complexity index is 559. The Morgan fingerprint density at radius 1 is 1.53 bits per heavy atom. The smallest absolute Gasteiger partial charge is 0.188 e. The number of hydrogen-bond donors (Lipinski definition) is 2.